The van der Waals surface area contributed by atoms with Crippen molar-refractivity contribution in [2.24, 2.45) is 0 Å². The van der Waals surface area contributed by atoms with Gasteiger partial charge in [-0.15, -0.1) is 0 Å². The minimum Gasteiger partial charge on any atom is -0.496 e. The van der Waals surface area contributed by atoms with Gasteiger partial charge in [-0.1, -0.05) is 29.8 Å². The molecule has 134 valence electrons. The summed E-state index contributed by atoms with van der Waals surface area (Å²) in [7, 11) is 1.64. The molecule has 0 unspecified atom stereocenters. The topological polar surface area (TPSA) is 47.6 Å². The smallest absolute Gasteiger partial charge is 0.251 e. The number of methoxy groups -OCH3 is 1. The van der Waals surface area contributed by atoms with Crippen LogP contribution in [0, 0.1) is 6.92 Å². The van der Waals surface area contributed by atoms with Gasteiger partial charge in [-0.25, -0.2) is 0 Å². The Bertz CT molecular complexity index is 708. The minimum absolute atomic E-state index is 0.104. The van der Waals surface area contributed by atoms with Crippen molar-refractivity contribution in [3.63, 3.8) is 0 Å². The molecule has 0 heterocycles. The van der Waals surface area contributed by atoms with E-state index < -0.39 is 0 Å². The van der Waals surface area contributed by atoms with Gasteiger partial charge in [0.15, 0.2) is 0 Å². The molecule has 1 atom stereocenters. The Kier molecular flexibility index (Phi) is 6.59. The standard InChI is InChI=1S/C21H27NO3/c1-14(2)25-13-17-7-9-18(10-8-17)21(23)22-16(4)19-12-15(3)6-11-20(19)24-5/h6-12,14,16H,13H2,1-5H3,(H,22,23)/t16-/m0/s1. The fourth-order valence-corrected chi connectivity index (χ4v) is 2.57. The van der Waals surface area contributed by atoms with Crippen molar-refractivity contribution in [3.05, 3.63) is 64.7 Å². The second-order valence-electron chi connectivity index (χ2n) is 6.50. The Morgan fingerprint density at radius 1 is 1.08 bits per heavy atom. The summed E-state index contributed by atoms with van der Waals surface area (Å²) in [5.74, 6) is 0.673. The van der Waals surface area contributed by atoms with Gasteiger partial charge < -0.3 is 14.8 Å². The van der Waals surface area contributed by atoms with Crippen LogP contribution in [-0.4, -0.2) is 19.1 Å². The second-order valence-corrected chi connectivity index (χ2v) is 6.50. The summed E-state index contributed by atoms with van der Waals surface area (Å²) in [5.41, 5.74) is 3.79. The molecule has 4 heteroatoms. The summed E-state index contributed by atoms with van der Waals surface area (Å²) in [6.07, 6.45) is 0.188. The summed E-state index contributed by atoms with van der Waals surface area (Å²) in [5, 5.41) is 3.03. The van der Waals surface area contributed by atoms with Crippen molar-refractivity contribution < 1.29 is 14.3 Å². The summed E-state index contributed by atoms with van der Waals surface area (Å²) >= 11 is 0. The van der Waals surface area contributed by atoms with E-state index in [0.29, 0.717) is 12.2 Å². The van der Waals surface area contributed by atoms with Crippen LogP contribution in [0.2, 0.25) is 0 Å². The molecule has 2 aromatic rings. The predicted molar refractivity (Wildman–Crippen MR) is 100.0 cm³/mol. The van der Waals surface area contributed by atoms with Gasteiger partial charge in [0, 0.05) is 11.1 Å². The number of aryl methyl sites for hydroxylation is 1. The van der Waals surface area contributed by atoms with Crippen LogP contribution in [0.4, 0.5) is 0 Å². The van der Waals surface area contributed by atoms with Crippen LogP contribution < -0.4 is 10.1 Å². The zero-order valence-corrected chi connectivity index (χ0v) is 15.6. The van der Waals surface area contributed by atoms with E-state index in [1.165, 1.54) is 0 Å². The second kappa shape index (κ2) is 8.67. The van der Waals surface area contributed by atoms with Gasteiger partial charge in [0.05, 0.1) is 25.9 Å². The Labute approximate surface area is 150 Å². The minimum atomic E-state index is -0.147. The van der Waals surface area contributed by atoms with Crippen LogP contribution in [-0.2, 0) is 11.3 Å². The normalized spacial score (nSPS) is 12.1. The molecule has 4 nitrogen and oxygen atoms in total. The zero-order valence-electron chi connectivity index (χ0n) is 15.6. The maximum Gasteiger partial charge on any atom is 0.251 e. The number of benzene rings is 2. The summed E-state index contributed by atoms with van der Waals surface area (Å²) in [4.78, 5) is 12.5. The van der Waals surface area contributed by atoms with E-state index in [1.807, 2.05) is 70.2 Å². The lowest BCUT2D eigenvalue weighted by Crippen LogP contribution is -2.27. The highest BCUT2D eigenvalue weighted by molar-refractivity contribution is 5.94. The Morgan fingerprint density at radius 3 is 2.36 bits per heavy atom. The van der Waals surface area contributed by atoms with Gasteiger partial charge in [0.25, 0.3) is 5.91 Å². The SMILES string of the molecule is COc1ccc(C)cc1[C@H](C)NC(=O)c1ccc(COC(C)C)cc1. The molecule has 0 aliphatic heterocycles. The third-order valence-corrected chi connectivity index (χ3v) is 4.00. The van der Waals surface area contributed by atoms with Gasteiger partial charge in [-0.3, -0.25) is 4.79 Å². The average Bonchev–Trinajstić information content (AvgIpc) is 2.60. The molecule has 0 spiro atoms. The first-order valence-electron chi connectivity index (χ1n) is 8.56. The monoisotopic (exact) mass is 341 g/mol. The van der Waals surface area contributed by atoms with Crippen molar-refractivity contribution in [2.45, 2.75) is 46.4 Å². The maximum atomic E-state index is 12.5. The first kappa shape index (κ1) is 19.0. The summed E-state index contributed by atoms with van der Waals surface area (Å²) in [6, 6.07) is 13.3. The quantitative estimate of drug-likeness (QED) is 0.811. The molecule has 2 aromatic carbocycles. The number of hydrogen-bond donors (Lipinski definition) is 1. The van der Waals surface area contributed by atoms with E-state index in [1.54, 1.807) is 7.11 Å². The van der Waals surface area contributed by atoms with E-state index in [-0.39, 0.29) is 18.1 Å². The Balaban J connectivity index is 2.05. The molecule has 0 radical (unpaired) electrons. The molecule has 2 rings (SSSR count). The van der Waals surface area contributed by atoms with Crippen LogP contribution in [0.3, 0.4) is 0 Å². The van der Waals surface area contributed by atoms with Gasteiger partial charge in [0.2, 0.25) is 0 Å². The van der Waals surface area contributed by atoms with Crippen molar-refractivity contribution >= 4 is 5.91 Å². The molecule has 1 amide bonds. The highest BCUT2D eigenvalue weighted by Crippen LogP contribution is 2.26. The summed E-state index contributed by atoms with van der Waals surface area (Å²) < 4.78 is 11.0. The molecule has 0 saturated carbocycles. The number of rotatable bonds is 7. The average molecular weight is 341 g/mol. The number of hydrogen-bond acceptors (Lipinski definition) is 3. The first-order chi connectivity index (χ1) is 11.9. The van der Waals surface area contributed by atoms with Gasteiger partial charge in [-0.2, -0.15) is 0 Å². The third-order valence-electron chi connectivity index (χ3n) is 4.00. The zero-order chi connectivity index (χ0) is 18.4. The van der Waals surface area contributed by atoms with Gasteiger partial charge in [-0.05, 0) is 51.5 Å². The number of amides is 1. The first-order valence-corrected chi connectivity index (χ1v) is 8.56. The Morgan fingerprint density at radius 2 is 1.76 bits per heavy atom. The lowest BCUT2D eigenvalue weighted by molar-refractivity contribution is 0.0656. The lowest BCUT2D eigenvalue weighted by atomic mass is 10.0. The largest absolute Gasteiger partial charge is 0.496 e. The van der Waals surface area contributed by atoms with E-state index in [9.17, 15) is 4.79 Å². The van der Waals surface area contributed by atoms with E-state index in [2.05, 4.69) is 5.32 Å². The van der Waals surface area contributed by atoms with Crippen molar-refractivity contribution in [1.29, 1.82) is 0 Å². The van der Waals surface area contributed by atoms with Gasteiger partial charge in [0.1, 0.15) is 5.75 Å². The number of ether oxygens (including phenoxy) is 2. The highest BCUT2D eigenvalue weighted by Gasteiger charge is 2.15. The number of nitrogens with one attached hydrogen (secondary N) is 1. The van der Waals surface area contributed by atoms with Crippen LogP contribution in [0.25, 0.3) is 0 Å². The maximum absolute atomic E-state index is 12.5. The van der Waals surface area contributed by atoms with E-state index in [0.717, 1.165) is 22.4 Å². The molecule has 0 aliphatic carbocycles. The van der Waals surface area contributed by atoms with E-state index in [4.69, 9.17) is 9.47 Å². The highest BCUT2D eigenvalue weighted by atomic mass is 16.5. The molecule has 1 N–H and O–H groups in total. The molecular weight excluding hydrogens is 314 g/mol. The van der Waals surface area contributed by atoms with Crippen LogP contribution in [0.15, 0.2) is 42.5 Å². The van der Waals surface area contributed by atoms with E-state index >= 15 is 0 Å². The van der Waals surface area contributed by atoms with Crippen LogP contribution >= 0.6 is 0 Å². The summed E-state index contributed by atoms with van der Waals surface area (Å²) in [6.45, 7) is 8.54. The van der Waals surface area contributed by atoms with Crippen LogP contribution in [0.5, 0.6) is 5.75 Å². The van der Waals surface area contributed by atoms with Crippen molar-refractivity contribution in [2.75, 3.05) is 7.11 Å². The molecule has 0 aromatic heterocycles. The van der Waals surface area contributed by atoms with Gasteiger partial charge >= 0.3 is 0 Å². The molecule has 0 fully saturated rings. The predicted octanol–water partition coefficient (Wildman–Crippen LogP) is 4.42. The Hall–Kier alpha value is -2.33. The molecule has 0 saturated heterocycles. The molecule has 25 heavy (non-hydrogen) atoms. The number of carbonyl (C=O) groups is 1. The van der Waals surface area contributed by atoms with Crippen LogP contribution in [0.1, 0.15) is 53.9 Å². The fraction of sp³-hybridized carbons (Fsp3) is 0.381. The van der Waals surface area contributed by atoms with Crippen molar-refractivity contribution in [3.8, 4) is 5.75 Å². The third kappa shape index (κ3) is 5.33. The lowest BCUT2D eigenvalue weighted by Gasteiger charge is -2.18. The molecular formula is C21H27NO3. The van der Waals surface area contributed by atoms with Crippen molar-refractivity contribution in [1.82, 2.24) is 5.32 Å². The number of carbonyl (C=O) groups excluding carboxylic acids is 1. The molecule has 0 bridgehead atoms. The fourth-order valence-electron chi connectivity index (χ4n) is 2.57. The molecule has 0 aliphatic rings.